The number of piperazine rings is 1. The molecule has 0 saturated carbocycles. The molecular formula is C7H16N2O2. The van der Waals surface area contributed by atoms with Gasteiger partial charge in [-0.1, -0.05) is 7.43 Å². The number of carbonyl (C=O) groups is 1. The van der Waals surface area contributed by atoms with Crippen LogP contribution in [-0.4, -0.2) is 48.7 Å². The fourth-order valence-corrected chi connectivity index (χ4v) is 1.00. The smallest absolute Gasteiger partial charge is 0.236 e. The summed E-state index contributed by atoms with van der Waals surface area (Å²) in [7, 11) is 0. The molecule has 1 fully saturated rings. The summed E-state index contributed by atoms with van der Waals surface area (Å²) in [5.41, 5.74) is 0. The van der Waals surface area contributed by atoms with Gasteiger partial charge in [-0.15, -0.1) is 0 Å². The number of amides is 1. The van der Waals surface area contributed by atoms with E-state index in [2.05, 4.69) is 5.32 Å². The van der Waals surface area contributed by atoms with E-state index < -0.39 is 0 Å². The number of β-amino-alcohol motifs (C(OH)–C–C–N with tert-alkyl or cyclic N) is 1. The molecule has 2 N–H and O–H groups in total. The molecule has 0 bridgehead atoms. The number of nitrogens with one attached hydrogen (secondary N) is 1. The molecule has 0 aromatic carbocycles. The van der Waals surface area contributed by atoms with Gasteiger partial charge in [0, 0.05) is 19.6 Å². The van der Waals surface area contributed by atoms with Crippen molar-refractivity contribution in [1.29, 1.82) is 0 Å². The topological polar surface area (TPSA) is 52.6 Å². The average molecular weight is 160 g/mol. The van der Waals surface area contributed by atoms with Crippen molar-refractivity contribution >= 4 is 5.91 Å². The van der Waals surface area contributed by atoms with E-state index in [4.69, 9.17) is 5.11 Å². The lowest BCUT2D eigenvalue weighted by Gasteiger charge is -2.26. The van der Waals surface area contributed by atoms with E-state index in [-0.39, 0.29) is 19.9 Å². The summed E-state index contributed by atoms with van der Waals surface area (Å²) in [6.45, 7) is 2.51. The molecule has 4 heteroatoms. The van der Waals surface area contributed by atoms with Crippen molar-refractivity contribution in [3.05, 3.63) is 0 Å². The first kappa shape index (κ1) is 10.4. The fourth-order valence-electron chi connectivity index (χ4n) is 1.00. The Bertz CT molecular complexity index is 126. The van der Waals surface area contributed by atoms with Crippen LogP contribution < -0.4 is 5.32 Å². The fraction of sp³-hybridized carbons (Fsp3) is 0.857. The van der Waals surface area contributed by atoms with Crippen LogP contribution in [0.4, 0.5) is 0 Å². The standard InChI is InChI=1S/C6H12N2O2.CH4/c9-4-3-8-2-1-7-5-6(8)10;/h7,9H,1-5H2;1H4. The Morgan fingerprint density at radius 3 is 2.91 bits per heavy atom. The lowest BCUT2D eigenvalue weighted by molar-refractivity contribution is -0.132. The first-order valence-electron chi connectivity index (χ1n) is 3.44. The van der Waals surface area contributed by atoms with Gasteiger partial charge in [0.05, 0.1) is 13.2 Å². The van der Waals surface area contributed by atoms with Crippen molar-refractivity contribution in [3.63, 3.8) is 0 Å². The lowest BCUT2D eigenvalue weighted by atomic mass is 10.3. The van der Waals surface area contributed by atoms with Crippen LogP contribution >= 0.6 is 0 Å². The monoisotopic (exact) mass is 160 g/mol. The maximum Gasteiger partial charge on any atom is 0.236 e. The minimum atomic E-state index is 0. The Morgan fingerprint density at radius 1 is 1.64 bits per heavy atom. The molecule has 1 aliphatic rings. The minimum absolute atomic E-state index is 0. The van der Waals surface area contributed by atoms with Crippen LogP contribution in [0.5, 0.6) is 0 Å². The maximum absolute atomic E-state index is 10.9. The summed E-state index contributed by atoms with van der Waals surface area (Å²) in [4.78, 5) is 12.6. The van der Waals surface area contributed by atoms with Crippen LogP contribution in [-0.2, 0) is 4.79 Å². The third-order valence-electron chi connectivity index (χ3n) is 1.56. The molecule has 0 unspecified atom stereocenters. The zero-order valence-corrected chi connectivity index (χ0v) is 5.84. The molecule has 1 aliphatic heterocycles. The highest BCUT2D eigenvalue weighted by Crippen LogP contribution is 1.91. The van der Waals surface area contributed by atoms with Crippen molar-refractivity contribution in [2.45, 2.75) is 7.43 Å². The van der Waals surface area contributed by atoms with Crippen molar-refractivity contribution in [2.75, 3.05) is 32.8 Å². The van der Waals surface area contributed by atoms with Crippen molar-refractivity contribution in [3.8, 4) is 0 Å². The number of nitrogens with zero attached hydrogens (tertiary/aromatic N) is 1. The van der Waals surface area contributed by atoms with Crippen molar-refractivity contribution < 1.29 is 9.90 Å². The summed E-state index contributed by atoms with van der Waals surface area (Å²) >= 11 is 0. The molecule has 0 aromatic heterocycles. The van der Waals surface area contributed by atoms with Gasteiger partial charge in [-0.25, -0.2) is 0 Å². The Hall–Kier alpha value is -0.610. The van der Waals surface area contributed by atoms with Gasteiger partial charge < -0.3 is 15.3 Å². The highest BCUT2D eigenvalue weighted by atomic mass is 16.3. The Kier molecular flexibility index (Phi) is 4.81. The Balaban J connectivity index is 0.000001000. The summed E-state index contributed by atoms with van der Waals surface area (Å²) in [5, 5.41) is 11.5. The van der Waals surface area contributed by atoms with Crippen molar-refractivity contribution in [2.24, 2.45) is 0 Å². The molecule has 1 saturated heterocycles. The Labute approximate surface area is 67.2 Å². The molecule has 0 spiro atoms. The zero-order chi connectivity index (χ0) is 7.40. The number of aliphatic hydroxyl groups is 1. The minimum Gasteiger partial charge on any atom is -0.395 e. The van der Waals surface area contributed by atoms with Gasteiger partial charge in [0.15, 0.2) is 0 Å². The Morgan fingerprint density at radius 2 is 2.36 bits per heavy atom. The first-order chi connectivity index (χ1) is 4.84. The highest BCUT2D eigenvalue weighted by Gasteiger charge is 2.15. The van der Waals surface area contributed by atoms with Gasteiger partial charge in [0.25, 0.3) is 0 Å². The molecule has 0 aromatic rings. The number of aliphatic hydroxyl groups excluding tert-OH is 1. The van der Waals surface area contributed by atoms with E-state index >= 15 is 0 Å². The van der Waals surface area contributed by atoms with Gasteiger partial charge >= 0.3 is 0 Å². The second-order valence-electron chi connectivity index (χ2n) is 2.28. The van der Waals surface area contributed by atoms with E-state index in [0.717, 1.165) is 13.1 Å². The molecule has 1 heterocycles. The largest absolute Gasteiger partial charge is 0.395 e. The third-order valence-corrected chi connectivity index (χ3v) is 1.56. The number of rotatable bonds is 2. The molecule has 4 nitrogen and oxygen atoms in total. The maximum atomic E-state index is 10.9. The van der Waals surface area contributed by atoms with Crippen LogP contribution in [0.1, 0.15) is 7.43 Å². The van der Waals surface area contributed by atoms with E-state index in [1.807, 2.05) is 0 Å². The van der Waals surface area contributed by atoms with Crippen LogP contribution in [0.25, 0.3) is 0 Å². The third kappa shape index (κ3) is 2.86. The van der Waals surface area contributed by atoms with Crippen LogP contribution in [0.2, 0.25) is 0 Å². The molecule has 0 radical (unpaired) electrons. The van der Waals surface area contributed by atoms with Crippen LogP contribution in [0, 0.1) is 0 Å². The van der Waals surface area contributed by atoms with Gasteiger partial charge in [-0.2, -0.15) is 0 Å². The predicted octanol–water partition coefficient (Wildman–Crippen LogP) is -0.953. The van der Waals surface area contributed by atoms with Crippen LogP contribution in [0.3, 0.4) is 0 Å². The first-order valence-corrected chi connectivity index (χ1v) is 3.44. The SMILES string of the molecule is C.O=C1CNCCN1CCO. The van der Waals surface area contributed by atoms with E-state index in [1.54, 1.807) is 4.90 Å². The van der Waals surface area contributed by atoms with Gasteiger partial charge in [-0.3, -0.25) is 4.79 Å². The molecule has 11 heavy (non-hydrogen) atoms. The summed E-state index contributed by atoms with van der Waals surface area (Å²) in [5.74, 6) is 0.0836. The molecule has 1 amide bonds. The quantitative estimate of drug-likeness (QED) is 0.547. The second-order valence-corrected chi connectivity index (χ2v) is 2.28. The lowest BCUT2D eigenvalue weighted by Crippen LogP contribution is -2.48. The summed E-state index contributed by atoms with van der Waals surface area (Å²) in [6.07, 6.45) is 0. The number of hydrogen-bond donors (Lipinski definition) is 2. The van der Waals surface area contributed by atoms with Crippen molar-refractivity contribution in [1.82, 2.24) is 10.2 Å². The summed E-state index contributed by atoms with van der Waals surface area (Å²) < 4.78 is 0. The summed E-state index contributed by atoms with van der Waals surface area (Å²) in [6, 6.07) is 0. The van der Waals surface area contributed by atoms with Gasteiger partial charge in [0.1, 0.15) is 0 Å². The molecule has 1 rings (SSSR count). The molecular weight excluding hydrogens is 144 g/mol. The van der Waals surface area contributed by atoms with Crippen LogP contribution in [0.15, 0.2) is 0 Å². The molecule has 0 atom stereocenters. The van der Waals surface area contributed by atoms with Gasteiger partial charge in [0.2, 0.25) is 5.91 Å². The average Bonchev–Trinajstić information content (AvgIpc) is 1.94. The normalized spacial score (nSPS) is 17.9. The zero-order valence-electron chi connectivity index (χ0n) is 5.84. The van der Waals surface area contributed by atoms with E-state index in [0.29, 0.717) is 13.1 Å². The number of hydrogen-bond acceptors (Lipinski definition) is 3. The molecule has 66 valence electrons. The van der Waals surface area contributed by atoms with Gasteiger partial charge in [-0.05, 0) is 0 Å². The molecule has 0 aliphatic carbocycles. The van der Waals surface area contributed by atoms with E-state index in [1.165, 1.54) is 0 Å². The predicted molar refractivity (Wildman–Crippen MR) is 43.3 cm³/mol. The highest BCUT2D eigenvalue weighted by molar-refractivity contribution is 5.78. The number of carbonyl (C=O) groups excluding carboxylic acids is 1. The van der Waals surface area contributed by atoms with E-state index in [9.17, 15) is 4.79 Å². The second kappa shape index (κ2) is 5.09.